The number of nitrogens with one attached hydrogen (secondary N) is 1. The average molecular weight is 337 g/mol. The first kappa shape index (κ1) is 16.7. The number of rotatable bonds is 4. The van der Waals surface area contributed by atoms with Crippen LogP contribution in [-0.2, 0) is 4.79 Å². The number of carbonyl (C=O) groups excluding carboxylic acids is 2. The molecule has 130 valence electrons. The second-order valence-electron chi connectivity index (χ2n) is 6.59. The number of nitrogens with zero attached hydrogens (tertiary/aromatic N) is 1. The van der Waals surface area contributed by atoms with E-state index in [2.05, 4.69) is 5.32 Å². The Bertz CT molecular complexity index is 641. The summed E-state index contributed by atoms with van der Waals surface area (Å²) >= 11 is 0. The van der Waals surface area contributed by atoms with E-state index in [1.807, 2.05) is 0 Å². The topological polar surface area (TPSA) is 75.4 Å². The molecule has 3 rings (SSSR count). The molecule has 24 heavy (non-hydrogen) atoms. The van der Waals surface area contributed by atoms with Gasteiger partial charge in [0.1, 0.15) is 11.6 Å². The van der Waals surface area contributed by atoms with Crippen molar-refractivity contribution in [2.75, 3.05) is 13.1 Å². The fraction of sp³-hybridized carbons (Fsp3) is 0.529. The maximum absolute atomic E-state index is 14.1. The zero-order chi connectivity index (χ0) is 17.3. The van der Waals surface area contributed by atoms with E-state index < -0.39 is 17.7 Å². The summed E-state index contributed by atoms with van der Waals surface area (Å²) < 4.78 is 27.5. The van der Waals surface area contributed by atoms with Gasteiger partial charge in [0.15, 0.2) is 0 Å². The van der Waals surface area contributed by atoms with Crippen LogP contribution < -0.4 is 11.1 Å². The number of likely N-dealkylation sites (tertiary alicyclic amines) is 1. The third kappa shape index (κ3) is 3.66. The van der Waals surface area contributed by atoms with Crippen LogP contribution in [-0.4, -0.2) is 29.9 Å². The minimum Gasteiger partial charge on any atom is -0.369 e. The molecular weight excluding hydrogens is 316 g/mol. The molecular formula is C17H21F2N3O2. The van der Waals surface area contributed by atoms with E-state index in [1.165, 1.54) is 0 Å². The highest BCUT2D eigenvalue weighted by Crippen LogP contribution is 2.42. The average Bonchev–Trinajstić information content (AvgIpc) is 3.40. The van der Waals surface area contributed by atoms with Crippen LogP contribution in [0.15, 0.2) is 18.2 Å². The van der Waals surface area contributed by atoms with E-state index in [1.54, 1.807) is 4.90 Å². The zero-order valence-electron chi connectivity index (χ0n) is 13.3. The predicted molar refractivity (Wildman–Crippen MR) is 83.8 cm³/mol. The summed E-state index contributed by atoms with van der Waals surface area (Å²) in [6.07, 6.45) is 2.83. The van der Waals surface area contributed by atoms with Gasteiger partial charge in [-0.1, -0.05) is 0 Å². The molecule has 1 aliphatic carbocycles. The molecule has 0 bridgehead atoms. The van der Waals surface area contributed by atoms with E-state index in [-0.39, 0.29) is 29.3 Å². The number of urea groups is 1. The fourth-order valence-corrected chi connectivity index (χ4v) is 3.22. The first-order chi connectivity index (χ1) is 11.5. The minimum absolute atomic E-state index is 0.133. The molecule has 1 aromatic carbocycles. The van der Waals surface area contributed by atoms with Gasteiger partial charge >= 0.3 is 6.03 Å². The van der Waals surface area contributed by atoms with E-state index in [0.717, 1.165) is 31.0 Å². The molecule has 5 nitrogen and oxygen atoms in total. The van der Waals surface area contributed by atoms with Crippen molar-refractivity contribution in [3.63, 3.8) is 0 Å². The zero-order valence-corrected chi connectivity index (χ0v) is 13.3. The number of benzene rings is 1. The highest BCUT2D eigenvalue weighted by atomic mass is 19.1. The third-order valence-electron chi connectivity index (χ3n) is 4.85. The number of nitrogens with two attached hydrogens (primary N) is 1. The SMILES string of the molecule is NC(=O)C1CCN(C(=O)N[C@@H](c2cc(F)ccc2F)C2CC2)CC1. The molecule has 1 aromatic rings. The lowest BCUT2D eigenvalue weighted by Crippen LogP contribution is -2.47. The summed E-state index contributed by atoms with van der Waals surface area (Å²) in [7, 11) is 0. The highest BCUT2D eigenvalue weighted by molar-refractivity contribution is 5.78. The Kier molecular flexibility index (Phi) is 4.69. The number of hydrogen-bond acceptors (Lipinski definition) is 2. The molecule has 0 unspecified atom stereocenters. The number of amides is 3. The van der Waals surface area contributed by atoms with Crippen LogP contribution >= 0.6 is 0 Å². The monoisotopic (exact) mass is 337 g/mol. The van der Waals surface area contributed by atoms with E-state index in [4.69, 9.17) is 5.73 Å². The normalized spacial score (nSPS) is 19.8. The Labute approximate surface area is 139 Å². The Morgan fingerprint density at radius 3 is 2.42 bits per heavy atom. The smallest absolute Gasteiger partial charge is 0.317 e. The number of hydrogen-bond donors (Lipinski definition) is 2. The van der Waals surface area contributed by atoms with Crippen LogP contribution in [0.25, 0.3) is 0 Å². The van der Waals surface area contributed by atoms with Crippen LogP contribution in [0.2, 0.25) is 0 Å². The Morgan fingerprint density at radius 2 is 1.83 bits per heavy atom. The molecule has 0 radical (unpaired) electrons. The molecule has 3 amide bonds. The maximum atomic E-state index is 14.1. The summed E-state index contributed by atoms with van der Waals surface area (Å²) in [5.41, 5.74) is 5.48. The fourth-order valence-electron chi connectivity index (χ4n) is 3.22. The van der Waals surface area contributed by atoms with Gasteiger partial charge in [-0.3, -0.25) is 4.79 Å². The van der Waals surface area contributed by atoms with Crippen LogP contribution in [0.4, 0.5) is 13.6 Å². The molecule has 1 saturated heterocycles. The van der Waals surface area contributed by atoms with Gasteiger partial charge in [0.25, 0.3) is 0 Å². The molecule has 1 aliphatic heterocycles. The van der Waals surface area contributed by atoms with Gasteiger partial charge in [0.2, 0.25) is 5.91 Å². The summed E-state index contributed by atoms with van der Waals surface area (Å²) in [5.74, 6) is -1.44. The minimum atomic E-state index is -0.526. The summed E-state index contributed by atoms with van der Waals surface area (Å²) in [6, 6.07) is 2.47. The van der Waals surface area contributed by atoms with Crippen LogP contribution in [0.3, 0.4) is 0 Å². The number of halogens is 2. The molecule has 3 N–H and O–H groups in total. The molecule has 2 aliphatic rings. The first-order valence-corrected chi connectivity index (χ1v) is 8.25. The second kappa shape index (κ2) is 6.75. The standard InChI is InChI=1S/C17H21F2N3O2/c18-12-3-4-14(19)13(9-12)15(10-1-2-10)21-17(24)22-7-5-11(6-8-22)16(20)23/h3-4,9-11,15H,1-2,5-8H2,(H2,20,23)(H,21,24)/t15-/m1/s1. The van der Waals surface area contributed by atoms with Crippen molar-refractivity contribution < 1.29 is 18.4 Å². The van der Waals surface area contributed by atoms with Gasteiger partial charge in [-0.2, -0.15) is 0 Å². The quantitative estimate of drug-likeness (QED) is 0.885. The Balaban J connectivity index is 1.67. The van der Waals surface area contributed by atoms with Gasteiger partial charge in [0, 0.05) is 24.6 Å². The van der Waals surface area contributed by atoms with Crippen molar-refractivity contribution in [1.82, 2.24) is 10.2 Å². The maximum Gasteiger partial charge on any atom is 0.317 e. The van der Waals surface area contributed by atoms with Gasteiger partial charge < -0.3 is 16.0 Å². The molecule has 7 heteroatoms. The third-order valence-corrected chi connectivity index (χ3v) is 4.85. The molecule has 0 spiro atoms. The summed E-state index contributed by atoms with van der Waals surface area (Å²) in [6.45, 7) is 0.866. The summed E-state index contributed by atoms with van der Waals surface area (Å²) in [4.78, 5) is 25.3. The lowest BCUT2D eigenvalue weighted by molar-refractivity contribution is -0.123. The highest BCUT2D eigenvalue weighted by Gasteiger charge is 2.36. The predicted octanol–water partition coefficient (Wildman–Crippen LogP) is 2.32. The Hall–Kier alpha value is -2.18. The van der Waals surface area contributed by atoms with Crippen LogP contribution in [0, 0.1) is 23.5 Å². The van der Waals surface area contributed by atoms with E-state index in [0.29, 0.717) is 25.9 Å². The van der Waals surface area contributed by atoms with Crippen molar-refractivity contribution in [1.29, 1.82) is 0 Å². The Morgan fingerprint density at radius 1 is 1.17 bits per heavy atom. The van der Waals surface area contributed by atoms with Crippen LogP contribution in [0.1, 0.15) is 37.3 Å². The largest absolute Gasteiger partial charge is 0.369 e. The van der Waals surface area contributed by atoms with Gasteiger partial charge in [-0.05, 0) is 49.8 Å². The number of primary amides is 1. The van der Waals surface area contributed by atoms with Crippen molar-refractivity contribution in [2.24, 2.45) is 17.6 Å². The second-order valence-corrected chi connectivity index (χ2v) is 6.59. The van der Waals surface area contributed by atoms with Gasteiger partial charge in [-0.15, -0.1) is 0 Å². The first-order valence-electron chi connectivity index (χ1n) is 8.25. The van der Waals surface area contributed by atoms with E-state index >= 15 is 0 Å². The van der Waals surface area contributed by atoms with Crippen molar-refractivity contribution in [3.05, 3.63) is 35.4 Å². The van der Waals surface area contributed by atoms with Crippen LogP contribution in [0.5, 0.6) is 0 Å². The van der Waals surface area contributed by atoms with Crippen molar-refractivity contribution in [2.45, 2.75) is 31.7 Å². The lowest BCUT2D eigenvalue weighted by Gasteiger charge is -2.32. The molecule has 1 atom stereocenters. The molecule has 1 saturated carbocycles. The molecule has 2 fully saturated rings. The lowest BCUT2D eigenvalue weighted by atomic mass is 9.96. The molecule has 1 heterocycles. The van der Waals surface area contributed by atoms with E-state index in [9.17, 15) is 18.4 Å². The number of carbonyl (C=O) groups is 2. The molecule has 0 aromatic heterocycles. The van der Waals surface area contributed by atoms with Gasteiger partial charge in [0.05, 0.1) is 6.04 Å². The van der Waals surface area contributed by atoms with Gasteiger partial charge in [-0.25, -0.2) is 13.6 Å². The van der Waals surface area contributed by atoms with Crippen molar-refractivity contribution >= 4 is 11.9 Å². The summed E-state index contributed by atoms with van der Waals surface area (Å²) in [5, 5.41) is 2.84. The number of piperidine rings is 1. The van der Waals surface area contributed by atoms with Crippen molar-refractivity contribution in [3.8, 4) is 0 Å².